The molecule has 0 saturated heterocycles. The lowest BCUT2D eigenvalue weighted by atomic mass is 10.3. The van der Waals surface area contributed by atoms with Crippen molar-refractivity contribution in [1.29, 1.82) is 0 Å². The molecular weight excluding hydrogens is 221 g/mol. The number of hydrogen-bond donors (Lipinski definition) is 0. The molecule has 1 aromatic heterocycles. The summed E-state index contributed by atoms with van der Waals surface area (Å²) < 4.78 is 21.7. The van der Waals surface area contributed by atoms with Crippen molar-refractivity contribution >= 4 is 31.3 Å². The highest BCUT2D eigenvalue weighted by Crippen LogP contribution is 2.20. The molecule has 0 amide bonds. The van der Waals surface area contributed by atoms with Crippen molar-refractivity contribution in [3.05, 3.63) is 23.0 Å². The smallest absolute Gasteiger partial charge is 0.243 e. The zero-order valence-electron chi connectivity index (χ0n) is 6.08. The van der Waals surface area contributed by atoms with Crippen molar-refractivity contribution in [1.82, 2.24) is 4.98 Å². The van der Waals surface area contributed by atoms with Crippen LogP contribution in [0, 0.1) is 6.92 Å². The first-order valence-corrected chi connectivity index (χ1v) is 5.67. The monoisotopic (exact) mass is 225 g/mol. The van der Waals surface area contributed by atoms with Crippen LogP contribution in [-0.2, 0) is 9.05 Å². The van der Waals surface area contributed by atoms with Gasteiger partial charge in [-0.05, 0) is 18.6 Å². The SMILES string of the molecule is Cc1cc(Cl)ncc1S(=O)(=O)Cl. The minimum absolute atomic E-state index is 0.00596. The Hall–Kier alpha value is -0.320. The first-order valence-electron chi connectivity index (χ1n) is 2.98. The molecule has 0 aliphatic heterocycles. The van der Waals surface area contributed by atoms with Crippen LogP contribution in [0.4, 0.5) is 0 Å². The molecule has 0 aliphatic rings. The minimum atomic E-state index is -3.70. The molecule has 12 heavy (non-hydrogen) atoms. The van der Waals surface area contributed by atoms with Gasteiger partial charge in [-0.3, -0.25) is 0 Å². The molecule has 66 valence electrons. The molecule has 0 bridgehead atoms. The van der Waals surface area contributed by atoms with Gasteiger partial charge in [0.1, 0.15) is 10.0 Å². The van der Waals surface area contributed by atoms with Gasteiger partial charge in [0.2, 0.25) is 0 Å². The molecule has 1 rings (SSSR count). The number of halogens is 2. The number of rotatable bonds is 1. The van der Waals surface area contributed by atoms with Crippen LogP contribution in [0.3, 0.4) is 0 Å². The maximum Gasteiger partial charge on any atom is 0.263 e. The molecule has 0 fully saturated rings. The maximum absolute atomic E-state index is 10.8. The maximum atomic E-state index is 10.8. The number of nitrogens with zero attached hydrogens (tertiary/aromatic N) is 1. The molecule has 0 aromatic carbocycles. The second-order valence-corrected chi connectivity index (χ2v) is 5.13. The third-order valence-electron chi connectivity index (χ3n) is 1.29. The molecule has 0 radical (unpaired) electrons. The molecular formula is C6H5Cl2NO2S. The molecule has 1 heterocycles. The Bertz CT molecular complexity index is 402. The van der Waals surface area contributed by atoms with E-state index in [1.807, 2.05) is 0 Å². The van der Waals surface area contributed by atoms with Crippen molar-refractivity contribution in [2.75, 3.05) is 0 Å². The first-order chi connectivity index (χ1) is 5.41. The van der Waals surface area contributed by atoms with Gasteiger partial charge < -0.3 is 0 Å². The Morgan fingerprint density at radius 1 is 1.50 bits per heavy atom. The molecule has 0 unspecified atom stereocenters. The van der Waals surface area contributed by atoms with E-state index in [2.05, 4.69) is 4.98 Å². The van der Waals surface area contributed by atoms with Gasteiger partial charge in [-0.2, -0.15) is 0 Å². The predicted octanol–water partition coefficient (Wildman–Crippen LogP) is 1.97. The quantitative estimate of drug-likeness (QED) is 0.543. The average molecular weight is 226 g/mol. The lowest BCUT2D eigenvalue weighted by Gasteiger charge is -1.99. The molecule has 1 aromatic rings. The van der Waals surface area contributed by atoms with Crippen LogP contribution in [0.5, 0.6) is 0 Å². The van der Waals surface area contributed by atoms with Crippen molar-refractivity contribution in [3.8, 4) is 0 Å². The van der Waals surface area contributed by atoms with Crippen LogP contribution in [-0.4, -0.2) is 13.4 Å². The molecule has 6 heteroatoms. The topological polar surface area (TPSA) is 47.0 Å². The highest BCUT2D eigenvalue weighted by Gasteiger charge is 2.13. The van der Waals surface area contributed by atoms with Gasteiger partial charge in [0.05, 0.1) is 0 Å². The van der Waals surface area contributed by atoms with Crippen LogP contribution >= 0.6 is 22.3 Å². The van der Waals surface area contributed by atoms with Gasteiger partial charge in [-0.25, -0.2) is 13.4 Å². The lowest BCUT2D eigenvalue weighted by molar-refractivity contribution is 0.608. The van der Waals surface area contributed by atoms with E-state index in [4.69, 9.17) is 22.3 Å². The van der Waals surface area contributed by atoms with Crippen molar-refractivity contribution in [2.45, 2.75) is 11.8 Å². The fourth-order valence-corrected chi connectivity index (χ4v) is 2.08. The number of hydrogen-bond acceptors (Lipinski definition) is 3. The summed E-state index contributed by atoms with van der Waals surface area (Å²) >= 11 is 5.52. The first kappa shape index (κ1) is 9.77. The Labute approximate surface area is 79.8 Å². The Balaban J connectivity index is 3.39. The molecule has 0 N–H and O–H groups in total. The van der Waals surface area contributed by atoms with Crippen molar-refractivity contribution < 1.29 is 8.42 Å². The molecule has 0 spiro atoms. The zero-order chi connectivity index (χ0) is 9.35. The van der Waals surface area contributed by atoms with Gasteiger partial charge in [0, 0.05) is 16.9 Å². The van der Waals surface area contributed by atoms with Crippen LogP contribution in [0.1, 0.15) is 5.56 Å². The van der Waals surface area contributed by atoms with Crippen molar-refractivity contribution in [2.24, 2.45) is 0 Å². The van der Waals surface area contributed by atoms with Crippen LogP contribution < -0.4 is 0 Å². The van der Waals surface area contributed by atoms with Gasteiger partial charge in [0.25, 0.3) is 9.05 Å². The predicted molar refractivity (Wildman–Crippen MR) is 47.0 cm³/mol. The van der Waals surface area contributed by atoms with Crippen LogP contribution in [0.15, 0.2) is 17.2 Å². The largest absolute Gasteiger partial charge is 0.263 e. The summed E-state index contributed by atoms with van der Waals surface area (Å²) in [7, 11) is 1.41. The molecule has 0 atom stereocenters. The van der Waals surface area contributed by atoms with E-state index >= 15 is 0 Å². The minimum Gasteiger partial charge on any atom is -0.243 e. The van der Waals surface area contributed by atoms with Crippen LogP contribution in [0.25, 0.3) is 0 Å². The van der Waals surface area contributed by atoms with Crippen molar-refractivity contribution in [3.63, 3.8) is 0 Å². The van der Waals surface area contributed by atoms with E-state index in [1.54, 1.807) is 6.92 Å². The third kappa shape index (κ3) is 2.09. The Morgan fingerprint density at radius 2 is 2.08 bits per heavy atom. The Kier molecular flexibility index (Phi) is 2.61. The second-order valence-electron chi connectivity index (χ2n) is 2.21. The summed E-state index contributed by atoms with van der Waals surface area (Å²) in [5.74, 6) is 0. The van der Waals surface area contributed by atoms with Gasteiger partial charge in [-0.1, -0.05) is 11.6 Å². The number of aryl methyl sites for hydroxylation is 1. The van der Waals surface area contributed by atoms with E-state index in [0.29, 0.717) is 5.56 Å². The highest BCUT2D eigenvalue weighted by molar-refractivity contribution is 8.13. The summed E-state index contributed by atoms with van der Waals surface area (Å²) in [6.45, 7) is 1.60. The molecule has 0 saturated carbocycles. The third-order valence-corrected chi connectivity index (χ3v) is 2.95. The van der Waals surface area contributed by atoms with E-state index in [9.17, 15) is 8.42 Å². The summed E-state index contributed by atoms with van der Waals surface area (Å²) in [6, 6.07) is 1.44. The summed E-state index contributed by atoms with van der Waals surface area (Å²) in [5, 5.41) is 0.247. The summed E-state index contributed by atoms with van der Waals surface area (Å²) in [4.78, 5) is 3.60. The van der Waals surface area contributed by atoms with E-state index in [-0.39, 0.29) is 10.0 Å². The second kappa shape index (κ2) is 3.20. The van der Waals surface area contributed by atoms with E-state index in [1.165, 1.54) is 6.07 Å². The molecule has 0 aliphatic carbocycles. The lowest BCUT2D eigenvalue weighted by Crippen LogP contribution is -1.95. The average Bonchev–Trinajstić information content (AvgIpc) is 1.83. The van der Waals surface area contributed by atoms with Gasteiger partial charge in [-0.15, -0.1) is 0 Å². The molecule has 3 nitrogen and oxygen atoms in total. The van der Waals surface area contributed by atoms with Gasteiger partial charge in [0.15, 0.2) is 0 Å². The Morgan fingerprint density at radius 3 is 2.50 bits per heavy atom. The standard InChI is InChI=1S/C6H5Cl2NO2S/c1-4-2-6(7)9-3-5(4)12(8,10)11/h2-3H,1H3. The van der Waals surface area contributed by atoms with E-state index in [0.717, 1.165) is 6.20 Å². The zero-order valence-corrected chi connectivity index (χ0v) is 8.41. The fourth-order valence-electron chi connectivity index (χ4n) is 0.764. The fraction of sp³-hybridized carbons (Fsp3) is 0.167. The number of pyridine rings is 1. The summed E-state index contributed by atoms with van der Waals surface area (Å²) in [6.07, 6.45) is 1.14. The highest BCUT2D eigenvalue weighted by atomic mass is 35.7. The van der Waals surface area contributed by atoms with Gasteiger partial charge >= 0.3 is 0 Å². The number of aromatic nitrogens is 1. The van der Waals surface area contributed by atoms with E-state index < -0.39 is 9.05 Å². The van der Waals surface area contributed by atoms with Crippen LogP contribution in [0.2, 0.25) is 5.15 Å². The summed E-state index contributed by atoms with van der Waals surface area (Å²) in [5.41, 5.74) is 0.491. The normalized spacial score (nSPS) is 11.6.